The van der Waals surface area contributed by atoms with Crippen LogP contribution in [-0.4, -0.2) is 25.2 Å². The van der Waals surface area contributed by atoms with E-state index in [-0.39, 0.29) is 13.2 Å². The van der Waals surface area contributed by atoms with Crippen molar-refractivity contribution in [3.05, 3.63) is 39.5 Å². The van der Waals surface area contributed by atoms with E-state index in [1.54, 1.807) is 19.9 Å². The summed E-state index contributed by atoms with van der Waals surface area (Å²) in [6, 6.07) is 1.97. The lowest BCUT2D eigenvalue weighted by Crippen LogP contribution is -2.21. The van der Waals surface area contributed by atoms with Gasteiger partial charge in [-0.05, 0) is 68.5 Å². The van der Waals surface area contributed by atoms with Crippen LogP contribution >= 0.6 is 0 Å². The molecule has 0 fully saturated rings. The molecule has 4 heteroatoms. The van der Waals surface area contributed by atoms with Gasteiger partial charge in [-0.25, -0.2) is 4.79 Å². The summed E-state index contributed by atoms with van der Waals surface area (Å²) < 4.78 is 10.3. The minimum Gasteiger partial charge on any atom is -0.465 e. The SMILES string of the molecule is CCOC(=O)C1=Cc2c(cc(C)c(C)c2C)C1C(=O)OCC. The fourth-order valence-corrected chi connectivity index (χ4v) is 2.84. The Morgan fingerprint density at radius 1 is 1.05 bits per heavy atom. The highest BCUT2D eigenvalue weighted by Gasteiger charge is 2.38. The first-order chi connectivity index (χ1) is 10.4. The molecule has 0 amide bonds. The Labute approximate surface area is 131 Å². The van der Waals surface area contributed by atoms with E-state index in [4.69, 9.17) is 9.47 Å². The second kappa shape index (κ2) is 6.34. The van der Waals surface area contributed by atoms with Crippen LogP contribution in [0.3, 0.4) is 0 Å². The first-order valence-corrected chi connectivity index (χ1v) is 7.58. The normalized spacial score (nSPS) is 16.0. The topological polar surface area (TPSA) is 52.6 Å². The standard InChI is InChI=1S/C18H22O4/c1-6-21-17(19)15-9-13-12(5)11(4)10(3)8-14(13)16(15)18(20)22-7-2/h8-9,16H,6-7H2,1-5H3. The van der Waals surface area contributed by atoms with Crippen molar-refractivity contribution in [3.63, 3.8) is 0 Å². The van der Waals surface area contributed by atoms with Crippen molar-refractivity contribution in [3.8, 4) is 0 Å². The highest BCUT2D eigenvalue weighted by molar-refractivity contribution is 6.06. The van der Waals surface area contributed by atoms with Gasteiger partial charge in [-0.2, -0.15) is 0 Å². The molecule has 0 heterocycles. The summed E-state index contributed by atoms with van der Waals surface area (Å²) in [5.41, 5.74) is 5.49. The second-order valence-electron chi connectivity index (χ2n) is 5.45. The summed E-state index contributed by atoms with van der Waals surface area (Å²) in [5, 5.41) is 0. The summed E-state index contributed by atoms with van der Waals surface area (Å²) in [4.78, 5) is 24.6. The van der Waals surface area contributed by atoms with E-state index >= 15 is 0 Å². The third-order valence-corrected chi connectivity index (χ3v) is 4.20. The average Bonchev–Trinajstić information content (AvgIpc) is 2.85. The van der Waals surface area contributed by atoms with E-state index in [1.807, 2.05) is 26.8 Å². The molecule has 0 aromatic heterocycles. The van der Waals surface area contributed by atoms with Gasteiger partial charge in [0.25, 0.3) is 0 Å². The molecule has 4 nitrogen and oxygen atoms in total. The number of aryl methyl sites for hydroxylation is 1. The molecule has 0 spiro atoms. The summed E-state index contributed by atoms with van der Waals surface area (Å²) in [6.07, 6.45) is 1.77. The van der Waals surface area contributed by atoms with Crippen LogP contribution in [0.15, 0.2) is 11.6 Å². The van der Waals surface area contributed by atoms with Crippen molar-refractivity contribution in [1.29, 1.82) is 0 Å². The highest BCUT2D eigenvalue weighted by atomic mass is 16.5. The zero-order valence-electron chi connectivity index (χ0n) is 13.8. The summed E-state index contributed by atoms with van der Waals surface area (Å²) in [6.45, 7) is 10.1. The molecule has 1 atom stereocenters. The summed E-state index contributed by atoms with van der Waals surface area (Å²) in [7, 11) is 0. The van der Waals surface area contributed by atoms with Crippen molar-refractivity contribution in [2.75, 3.05) is 13.2 Å². The van der Waals surface area contributed by atoms with E-state index in [1.165, 1.54) is 5.56 Å². The molecule has 0 N–H and O–H groups in total. The molecule has 2 rings (SSSR count). The molecule has 0 saturated carbocycles. The van der Waals surface area contributed by atoms with E-state index in [9.17, 15) is 9.59 Å². The molecule has 1 aromatic carbocycles. The van der Waals surface area contributed by atoms with E-state index in [2.05, 4.69) is 0 Å². The van der Waals surface area contributed by atoms with Crippen LogP contribution in [0.2, 0.25) is 0 Å². The van der Waals surface area contributed by atoms with Crippen LogP contribution in [0.25, 0.3) is 6.08 Å². The molecule has 0 radical (unpaired) electrons. The first-order valence-electron chi connectivity index (χ1n) is 7.58. The third-order valence-electron chi connectivity index (χ3n) is 4.20. The Bertz CT molecular complexity index is 656. The zero-order valence-corrected chi connectivity index (χ0v) is 13.8. The number of fused-ring (bicyclic) bond motifs is 1. The average molecular weight is 302 g/mol. The number of ether oxygens (including phenoxy) is 2. The maximum atomic E-state index is 12.4. The van der Waals surface area contributed by atoms with Gasteiger partial charge < -0.3 is 9.47 Å². The molecule has 0 aliphatic heterocycles. The second-order valence-corrected chi connectivity index (χ2v) is 5.45. The molecule has 1 aromatic rings. The fourth-order valence-electron chi connectivity index (χ4n) is 2.84. The molecule has 1 aliphatic rings. The number of esters is 2. The number of carbonyl (C=O) groups is 2. The minimum atomic E-state index is -0.688. The van der Waals surface area contributed by atoms with Gasteiger partial charge >= 0.3 is 11.9 Å². The van der Waals surface area contributed by atoms with Crippen LogP contribution in [0.5, 0.6) is 0 Å². The van der Waals surface area contributed by atoms with Crippen molar-refractivity contribution in [2.45, 2.75) is 40.5 Å². The van der Waals surface area contributed by atoms with Crippen LogP contribution < -0.4 is 0 Å². The monoisotopic (exact) mass is 302 g/mol. The molecule has 22 heavy (non-hydrogen) atoms. The van der Waals surface area contributed by atoms with Gasteiger partial charge in [-0.3, -0.25) is 4.79 Å². The van der Waals surface area contributed by atoms with Gasteiger partial charge in [0.1, 0.15) is 5.92 Å². The van der Waals surface area contributed by atoms with Crippen molar-refractivity contribution >= 4 is 18.0 Å². The maximum absolute atomic E-state index is 12.4. The summed E-state index contributed by atoms with van der Waals surface area (Å²) in [5.74, 6) is -1.54. The number of benzene rings is 1. The number of hydrogen-bond donors (Lipinski definition) is 0. The number of carbonyl (C=O) groups excluding carboxylic acids is 2. The van der Waals surface area contributed by atoms with Gasteiger partial charge in [0, 0.05) is 0 Å². The first kappa shape index (κ1) is 16.3. The lowest BCUT2D eigenvalue weighted by Gasteiger charge is -2.17. The maximum Gasteiger partial charge on any atom is 0.335 e. The van der Waals surface area contributed by atoms with Crippen LogP contribution in [0.1, 0.15) is 47.6 Å². The number of rotatable bonds is 4. The van der Waals surface area contributed by atoms with Gasteiger partial charge in [0.05, 0.1) is 18.8 Å². The van der Waals surface area contributed by atoms with E-state index < -0.39 is 17.9 Å². The van der Waals surface area contributed by atoms with Crippen molar-refractivity contribution < 1.29 is 19.1 Å². The van der Waals surface area contributed by atoms with Crippen molar-refractivity contribution in [1.82, 2.24) is 0 Å². The number of hydrogen-bond acceptors (Lipinski definition) is 4. The molecule has 0 saturated heterocycles. The lowest BCUT2D eigenvalue weighted by atomic mass is 9.90. The Balaban J connectivity index is 2.57. The molecule has 1 unspecified atom stereocenters. The summed E-state index contributed by atoms with van der Waals surface area (Å²) >= 11 is 0. The van der Waals surface area contributed by atoms with Gasteiger partial charge in [0.15, 0.2) is 0 Å². The predicted octanol–water partition coefficient (Wildman–Crippen LogP) is 3.22. The highest BCUT2D eigenvalue weighted by Crippen LogP contribution is 2.41. The smallest absolute Gasteiger partial charge is 0.335 e. The largest absolute Gasteiger partial charge is 0.465 e. The zero-order chi connectivity index (χ0) is 16.4. The molecular formula is C18H22O4. The Morgan fingerprint density at radius 3 is 2.27 bits per heavy atom. The third kappa shape index (κ3) is 2.65. The molecule has 1 aliphatic carbocycles. The quantitative estimate of drug-likeness (QED) is 0.801. The van der Waals surface area contributed by atoms with Gasteiger partial charge in [-0.1, -0.05) is 6.07 Å². The van der Waals surface area contributed by atoms with E-state index in [0.717, 1.165) is 22.3 Å². The Morgan fingerprint density at radius 2 is 1.68 bits per heavy atom. The van der Waals surface area contributed by atoms with Crippen LogP contribution in [-0.2, 0) is 19.1 Å². The minimum absolute atomic E-state index is 0.277. The van der Waals surface area contributed by atoms with Gasteiger partial charge in [0.2, 0.25) is 0 Å². The van der Waals surface area contributed by atoms with Gasteiger partial charge in [-0.15, -0.1) is 0 Å². The van der Waals surface area contributed by atoms with Crippen molar-refractivity contribution in [2.24, 2.45) is 0 Å². The molecular weight excluding hydrogens is 280 g/mol. The fraction of sp³-hybridized carbons (Fsp3) is 0.444. The Hall–Kier alpha value is -2.10. The predicted molar refractivity (Wildman–Crippen MR) is 84.6 cm³/mol. The molecule has 0 bridgehead atoms. The lowest BCUT2D eigenvalue weighted by molar-refractivity contribution is -0.147. The molecule has 118 valence electrons. The van der Waals surface area contributed by atoms with Crippen LogP contribution in [0, 0.1) is 20.8 Å². The Kier molecular flexibility index (Phi) is 4.69. The van der Waals surface area contributed by atoms with Crippen LogP contribution in [0.4, 0.5) is 0 Å². The van der Waals surface area contributed by atoms with E-state index in [0.29, 0.717) is 5.57 Å².